The topological polar surface area (TPSA) is 6.48 Å². The minimum absolute atomic E-state index is 0.434. The van der Waals surface area contributed by atoms with Gasteiger partial charge in [-0.05, 0) is 234 Å². The van der Waals surface area contributed by atoms with Gasteiger partial charge in [0.15, 0.2) is 0 Å². The van der Waals surface area contributed by atoms with E-state index in [1.165, 1.54) is 121 Å². The summed E-state index contributed by atoms with van der Waals surface area (Å²) in [4.78, 5) is 4.99. The molecule has 0 fully saturated rings. The standard InChI is InChI=1S/C74H60N2/c1-45-19-13-27-51(35-45)75(52-28-14-20-46(2)36-52)55-39-63-61(59-33-17-25-49-23-9-11-31-57(49)59)43-68-71-69(63)65(41-55)73(5,6)67-44-62(60-34-18-26-50-24-10-12-32-58(50)60)64-40-56(42-66(74(68,7)8)70(64)72(67)71)76(53-29-15-21-47(3)37-53)54-30-16-22-48(4)38-54/h9-44H,1-8H3. The molecule has 0 unspecified atom stereocenters. The zero-order valence-corrected chi connectivity index (χ0v) is 44.7. The lowest BCUT2D eigenvalue weighted by molar-refractivity contribution is 0.628. The summed E-state index contributed by atoms with van der Waals surface area (Å²) in [7, 11) is 0. The van der Waals surface area contributed by atoms with Crippen LogP contribution in [0.2, 0.25) is 0 Å². The van der Waals surface area contributed by atoms with Gasteiger partial charge in [0.1, 0.15) is 0 Å². The summed E-state index contributed by atoms with van der Waals surface area (Å²) in [6, 6.07) is 83.0. The first kappa shape index (κ1) is 45.9. The fourth-order valence-electron chi connectivity index (χ4n) is 13.4. The van der Waals surface area contributed by atoms with Gasteiger partial charge in [-0.15, -0.1) is 0 Å². The quantitative estimate of drug-likeness (QED) is 0.150. The van der Waals surface area contributed by atoms with Crippen molar-refractivity contribution in [1.29, 1.82) is 0 Å². The van der Waals surface area contributed by atoms with Gasteiger partial charge in [0.25, 0.3) is 0 Å². The van der Waals surface area contributed by atoms with Gasteiger partial charge in [-0.3, -0.25) is 0 Å². The number of benzene rings is 12. The second-order valence-electron chi connectivity index (χ2n) is 22.9. The van der Waals surface area contributed by atoms with Crippen molar-refractivity contribution >= 4 is 77.2 Å². The largest absolute Gasteiger partial charge is 0.310 e. The molecule has 2 aliphatic carbocycles. The summed E-state index contributed by atoms with van der Waals surface area (Å²) in [5, 5.41) is 10.3. The van der Waals surface area contributed by atoms with Crippen LogP contribution in [0.15, 0.2) is 218 Å². The van der Waals surface area contributed by atoms with Crippen molar-refractivity contribution in [2.45, 2.75) is 66.2 Å². The molecule has 0 atom stereocenters. The molecule has 0 bridgehead atoms. The summed E-state index contributed by atoms with van der Waals surface area (Å²) in [5.74, 6) is 0. The average Bonchev–Trinajstić information content (AvgIpc) is 3.56. The van der Waals surface area contributed by atoms with Crippen LogP contribution < -0.4 is 9.80 Å². The fourth-order valence-corrected chi connectivity index (χ4v) is 13.4. The Balaban J connectivity index is 1.17. The minimum Gasteiger partial charge on any atom is -0.310 e. The molecule has 366 valence electrons. The molecule has 0 aromatic heterocycles. The second-order valence-corrected chi connectivity index (χ2v) is 22.9. The Labute approximate surface area is 447 Å². The third-order valence-electron chi connectivity index (χ3n) is 17.1. The van der Waals surface area contributed by atoms with Gasteiger partial charge in [0.2, 0.25) is 0 Å². The molecule has 2 heteroatoms. The second kappa shape index (κ2) is 16.9. The van der Waals surface area contributed by atoms with Gasteiger partial charge in [0, 0.05) is 45.0 Å². The molecule has 2 nitrogen and oxygen atoms in total. The Kier molecular flexibility index (Phi) is 10.2. The summed E-state index contributed by atoms with van der Waals surface area (Å²) < 4.78 is 0. The van der Waals surface area contributed by atoms with E-state index in [-0.39, 0.29) is 0 Å². The first-order chi connectivity index (χ1) is 36.8. The fraction of sp³-hybridized carbons (Fsp3) is 0.135. The van der Waals surface area contributed by atoms with E-state index in [1.807, 2.05) is 0 Å². The molecule has 12 aromatic carbocycles. The van der Waals surface area contributed by atoms with Crippen LogP contribution in [0, 0.1) is 27.7 Å². The summed E-state index contributed by atoms with van der Waals surface area (Å²) in [6.45, 7) is 18.8. The van der Waals surface area contributed by atoms with E-state index in [9.17, 15) is 0 Å². The van der Waals surface area contributed by atoms with Crippen molar-refractivity contribution in [1.82, 2.24) is 0 Å². The molecule has 12 aromatic rings. The van der Waals surface area contributed by atoms with Crippen LogP contribution in [0.5, 0.6) is 0 Å². The van der Waals surface area contributed by atoms with Crippen molar-refractivity contribution in [2.24, 2.45) is 0 Å². The van der Waals surface area contributed by atoms with E-state index >= 15 is 0 Å². The van der Waals surface area contributed by atoms with E-state index in [0.29, 0.717) is 0 Å². The highest BCUT2D eigenvalue weighted by molar-refractivity contribution is 6.23. The zero-order valence-electron chi connectivity index (χ0n) is 44.7. The van der Waals surface area contributed by atoms with Gasteiger partial charge >= 0.3 is 0 Å². The molecule has 0 saturated heterocycles. The molecule has 0 spiro atoms. The van der Waals surface area contributed by atoms with Gasteiger partial charge in [-0.25, -0.2) is 0 Å². The Bertz CT molecular complexity index is 4030. The van der Waals surface area contributed by atoms with Crippen LogP contribution in [0.3, 0.4) is 0 Å². The Hall–Kier alpha value is -8.72. The van der Waals surface area contributed by atoms with Gasteiger partial charge in [-0.2, -0.15) is 0 Å². The van der Waals surface area contributed by atoms with Gasteiger partial charge in [0.05, 0.1) is 0 Å². The van der Waals surface area contributed by atoms with Crippen LogP contribution in [0.4, 0.5) is 34.1 Å². The number of rotatable bonds is 8. The van der Waals surface area contributed by atoms with E-state index in [1.54, 1.807) is 0 Å². The molecule has 0 saturated carbocycles. The van der Waals surface area contributed by atoms with Gasteiger partial charge < -0.3 is 9.80 Å². The highest BCUT2D eigenvalue weighted by atomic mass is 15.1. The lowest BCUT2D eigenvalue weighted by Crippen LogP contribution is -2.31. The smallest absolute Gasteiger partial charge is 0.0471 e. The lowest BCUT2D eigenvalue weighted by Gasteiger charge is -2.45. The summed E-state index contributed by atoms with van der Waals surface area (Å²) in [6.07, 6.45) is 0. The van der Waals surface area contributed by atoms with Crippen molar-refractivity contribution in [3.8, 4) is 33.4 Å². The molecule has 0 heterocycles. The van der Waals surface area contributed by atoms with Crippen LogP contribution >= 0.6 is 0 Å². The maximum Gasteiger partial charge on any atom is 0.0471 e. The molecular weight excluding hydrogens is 917 g/mol. The highest BCUT2D eigenvalue weighted by Gasteiger charge is 2.45. The molecule has 0 radical (unpaired) electrons. The van der Waals surface area contributed by atoms with E-state index in [2.05, 4.69) is 284 Å². The van der Waals surface area contributed by atoms with Gasteiger partial charge in [-0.1, -0.05) is 161 Å². The molecule has 0 amide bonds. The number of anilines is 6. The van der Waals surface area contributed by atoms with E-state index < -0.39 is 10.8 Å². The third kappa shape index (κ3) is 6.93. The van der Waals surface area contributed by atoms with E-state index in [0.717, 1.165) is 34.1 Å². The first-order valence-electron chi connectivity index (χ1n) is 27.0. The molecule has 2 aliphatic rings. The van der Waals surface area contributed by atoms with E-state index in [4.69, 9.17) is 0 Å². The number of aryl methyl sites for hydroxylation is 4. The van der Waals surface area contributed by atoms with Crippen LogP contribution in [0.25, 0.3) is 76.5 Å². The van der Waals surface area contributed by atoms with Crippen molar-refractivity contribution in [2.75, 3.05) is 9.80 Å². The Morgan fingerprint density at radius 2 is 0.592 bits per heavy atom. The predicted octanol–water partition coefficient (Wildman–Crippen LogP) is 20.8. The zero-order chi connectivity index (χ0) is 51.8. The lowest BCUT2D eigenvalue weighted by atomic mass is 9.59. The number of fused-ring (bicyclic) bond motifs is 2. The third-order valence-corrected chi connectivity index (χ3v) is 17.1. The molecule has 0 aliphatic heterocycles. The molecule has 0 N–H and O–H groups in total. The molecule has 76 heavy (non-hydrogen) atoms. The normalized spacial score (nSPS) is 13.7. The minimum atomic E-state index is -0.434. The van der Waals surface area contributed by atoms with Crippen LogP contribution in [-0.4, -0.2) is 0 Å². The monoisotopic (exact) mass is 976 g/mol. The highest BCUT2D eigenvalue weighted by Crippen LogP contribution is 2.63. The average molecular weight is 977 g/mol. The Morgan fingerprint density at radius 1 is 0.263 bits per heavy atom. The molecule has 14 rings (SSSR count). The summed E-state index contributed by atoms with van der Waals surface area (Å²) in [5.41, 5.74) is 24.1. The van der Waals surface area contributed by atoms with Crippen LogP contribution in [-0.2, 0) is 10.8 Å². The summed E-state index contributed by atoms with van der Waals surface area (Å²) >= 11 is 0. The van der Waals surface area contributed by atoms with Crippen LogP contribution in [0.1, 0.15) is 72.2 Å². The molecular formula is C74H60N2. The van der Waals surface area contributed by atoms with Crippen molar-refractivity contribution < 1.29 is 0 Å². The number of nitrogens with zero attached hydrogens (tertiary/aromatic N) is 2. The van der Waals surface area contributed by atoms with Crippen molar-refractivity contribution in [3.05, 3.63) is 263 Å². The Morgan fingerprint density at radius 3 is 0.947 bits per heavy atom. The number of hydrogen-bond donors (Lipinski definition) is 0. The SMILES string of the molecule is Cc1cccc(N(c2cccc(C)c2)c2cc3c4c5c(cc(-c6cccc7ccccc67)c4c2)C(C)(C)c2cc(N(c4cccc(C)c4)c4cccc(C)c4)cc4c(-c6cccc7ccccc67)cc(c-5c24)C3(C)C)c1. The first-order valence-corrected chi connectivity index (χ1v) is 27.0. The predicted molar refractivity (Wildman–Crippen MR) is 325 cm³/mol. The maximum absolute atomic E-state index is 2.61. The van der Waals surface area contributed by atoms with Crippen molar-refractivity contribution in [3.63, 3.8) is 0 Å². The maximum atomic E-state index is 2.61. The number of hydrogen-bond acceptors (Lipinski definition) is 2.